The van der Waals surface area contributed by atoms with Gasteiger partial charge >= 0.3 is 0 Å². The second-order valence-electron chi connectivity index (χ2n) is 8.09. The molecule has 1 fully saturated rings. The van der Waals surface area contributed by atoms with Gasteiger partial charge in [0.25, 0.3) is 0 Å². The van der Waals surface area contributed by atoms with E-state index in [1.165, 1.54) is 24.3 Å². The van der Waals surface area contributed by atoms with Crippen LogP contribution in [-0.2, 0) is 26.9 Å². The van der Waals surface area contributed by atoms with E-state index >= 15 is 0 Å². The third-order valence-electron chi connectivity index (χ3n) is 5.80. The molecule has 5 nitrogen and oxygen atoms in total. The van der Waals surface area contributed by atoms with E-state index in [2.05, 4.69) is 6.92 Å². The van der Waals surface area contributed by atoms with Crippen molar-refractivity contribution in [2.24, 2.45) is 5.92 Å². The summed E-state index contributed by atoms with van der Waals surface area (Å²) in [5, 5.41) is 0.597. The van der Waals surface area contributed by atoms with Crippen molar-refractivity contribution >= 4 is 26.6 Å². The molecule has 4 rings (SSSR count). The number of carbonyl (C=O) groups is 1. The molecular formula is C23H25FN2O3S. The highest BCUT2D eigenvalue weighted by Crippen LogP contribution is 2.28. The average Bonchev–Trinajstić information content (AvgIpc) is 3.10. The molecule has 0 N–H and O–H groups in total. The number of fused-ring (bicyclic) bond motifs is 1. The maximum Gasteiger partial charge on any atom is 0.242 e. The zero-order valence-corrected chi connectivity index (χ0v) is 17.7. The van der Waals surface area contributed by atoms with Crippen molar-refractivity contribution in [1.82, 2.24) is 9.47 Å². The number of piperidine rings is 1. The van der Waals surface area contributed by atoms with E-state index in [4.69, 9.17) is 0 Å². The molecule has 0 atom stereocenters. The van der Waals surface area contributed by atoms with Gasteiger partial charge in [0.1, 0.15) is 12.4 Å². The van der Waals surface area contributed by atoms with Gasteiger partial charge < -0.3 is 9.47 Å². The van der Waals surface area contributed by atoms with Crippen LogP contribution < -0.4 is 0 Å². The van der Waals surface area contributed by atoms with Gasteiger partial charge in [-0.3, -0.25) is 4.79 Å². The summed E-state index contributed by atoms with van der Waals surface area (Å²) in [7, 11) is -3.67. The van der Waals surface area contributed by atoms with Crippen molar-refractivity contribution in [2.75, 3.05) is 13.1 Å². The highest BCUT2D eigenvalue weighted by atomic mass is 32.2. The van der Waals surface area contributed by atoms with Gasteiger partial charge in [-0.15, -0.1) is 0 Å². The summed E-state index contributed by atoms with van der Waals surface area (Å²) < 4.78 is 41.2. The Morgan fingerprint density at radius 2 is 1.73 bits per heavy atom. The second kappa shape index (κ2) is 8.22. The van der Waals surface area contributed by atoms with Crippen molar-refractivity contribution < 1.29 is 17.6 Å². The molecule has 0 bridgehead atoms. The Hall–Kier alpha value is -2.67. The number of benzene rings is 2. The van der Waals surface area contributed by atoms with E-state index < -0.39 is 15.7 Å². The van der Waals surface area contributed by atoms with E-state index in [9.17, 15) is 17.6 Å². The topological polar surface area (TPSA) is 59.4 Å². The number of para-hydroxylation sites is 1. The third-order valence-corrected chi connectivity index (χ3v) is 7.51. The Morgan fingerprint density at radius 1 is 1.07 bits per heavy atom. The van der Waals surface area contributed by atoms with E-state index in [0.717, 1.165) is 25.9 Å². The molecular weight excluding hydrogens is 403 g/mol. The zero-order valence-electron chi connectivity index (χ0n) is 16.9. The predicted molar refractivity (Wildman–Crippen MR) is 114 cm³/mol. The molecule has 3 aromatic rings. The Labute approximate surface area is 176 Å². The first kappa shape index (κ1) is 20.6. The Kier molecular flexibility index (Phi) is 5.64. The summed E-state index contributed by atoms with van der Waals surface area (Å²) in [6.45, 7) is 3.80. The van der Waals surface area contributed by atoms with Gasteiger partial charge in [0, 0.05) is 30.2 Å². The third kappa shape index (κ3) is 4.26. The molecule has 2 heterocycles. The van der Waals surface area contributed by atoms with Crippen LogP contribution in [0.25, 0.3) is 10.9 Å². The van der Waals surface area contributed by atoms with Gasteiger partial charge in [0.15, 0.2) is 9.84 Å². The lowest BCUT2D eigenvalue weighted by molar-refractivity contribution is -0.133. The molecule has 2 aromatic carbocycles. The van der Waals surface area contributed by atoms with Crippen molar-refractivity contribution in [3.63, 3.8) is 0 Å². The van der Waals surface area contributed by atoms with E-state index in [1.807, 2.05) is 17.0 Å². The fraction of sp³-hybridized carbons (Fsp3) is 0.348. The van der Waals surface area contributed by atoms with Gasteiger partial charge in [0.05, 0.1) is 10.6 Å². The second-order valence-corrected chi connectivity index (χ2v) is 10.0. The number of hydrogen-bond donors (Lipinski definition) is 0. The minimum absolute atomic E-state index is 0.00476. The standard InChI is InChI=1S/C23H25FN2O3S/c1-17-10-12-25(13-11-17)23(27)15-26-14-22(20-4-2-3-5-21(20)26)30(28,29)16-18-6-8-19(24)9-7-18/h2-9,14,17H,10-13,15-16H2,1H3. The summed E-state index contributed by atoms with van der Waals surface area (Å²) in [5.41, 5.74) is 1.24. The molecule has 7 heteroatoms. The maximum absolute atomic E-state index is 13.2. The number of nitrogens with zero attached hydrogens (tertiary/aromatic N) is 2. The number of sulfone groups is 1. The van der Waals surface area contributed by atoms with Crippen LogP contribution in [0.5, 0.6) is 0 Å². The van der Waals surface area contributed by atoms with Gasteiger partial charge in [-0.1, -0.05) is 37.3 Å². The molecule has 0 unspecified atom stereocenters. The fourth-order valence-electron chi connectivity index (χ4n) is 3.97. The van der Waals surface area contributed by atoms with Crippen LogP contribution >= 0.6 is 0 Å². The van der Waals surface area contributed by atoms with Crippen LogP contribution in [0.3, 0.4) is 0 Å². The molecule has 1 amide bonds. The van der Waals surface area contributed by atoms with Crippen LogP contribution in [0, 0.1) is 11.7 Å². The number of amides is 1. The SMILES string of the molecule is CC1CCN(C(=O)Cn2cc(S(=O)(=O)Cc3ccc(F)cc3)c3ccccc32)CC1. The summed E-state index contributed by atoms with van der Waals surface area (Å²) in [4.78, 5) is 14.9. The Balaban J connectivity index is 1.63. The minimum Gasteiger partial charge on any atom is -0.341 e. The smallest absolute Gasteiger partial charge is 0.242 e. The first-order chi connectivity index (χ1) is 14.3. The van der Waals surface area contributed by atoms with Crippen molar-refractivity contribution in [2.45, 2.75) is 37.0 Å². The van der Waals surface area contributed by atoms with Gasteiger partial charge in [-0.25, -0.2) is 12.8 Å². The molecule has 0 radical (unpaired) electrons. The fourth-order valence-corrected chi connectivity index (χ4v) is 5.56. The lowest BCUT2D eigenvalue weighted by atomic mass is 9.99. The number of hydrogen-bond acceptors (Lipinski definition) is 3. The summed E-state index contributed by atoms with van der Waals surface area (Å²) in [6.07, 6.45) is 3.55. The monoisotopic (exact) mass is 428 g/mol. The predicted octanol–water partition coefficient (Wildman–Crippen LogP) is 4.01. The van der Waals surface area contributed by atoms with Gasteiger partial charge in [-0.05, 0) is 42.5 Å². The molecule has 158 valence electrons. The number of rotatable bonds is 5. The number of carbonyl (C=O) groups excluding carboxylic acids is 1. The van der Waals surface area contributed by atoms with Gasteiger partial charge in [0.2, 0.25) is 5.91 Å². The van der Waals surface area contributed by atoms with Crippen molar-refractivity contribution in [3.05, 3.63) is 66.1 Å². The Bertz CT molecular complexity index is 1160. The van der Waals surface area contributed by atoms with Crippen LogP contribution in [0.1, 0.15) is 25.3 Å². The van der Waals surface area contributed by atoms with E-state index in [-0.39, 0.29) is 23.1 Å². The Morgan fingerprint density at radius 3 is 2.43 bits per heavy atom. The highest BCUT2D eigenvalue weighted by Gasteiger charge is 2.24. The first-order valence-corrected chi connectivity index (χ1v) is 11.8. The molecule has 0 aliphatic carbocycles. The molecule has 1 aromatic heterocycles. The quantitative estimate of drug-likeness (QED) is 0.617. The van der Waals surface area contributed by atoms with Crippen LogP contribution in [0.15, 0.2) is 59.6 Å². The molecule has 1 aliphatic rings. The normalized spacial score (nSPS) is 15.6. The largest absolute Gasteiger partial charge is 0.341 e. The maximum atomic E-state index is 13.2. The van der Waals surface area contributed by atoms with Gasteiger partial charge in [-0.2, -0.15) is 0 Å². The number of halogens is 1. The van der Waals surface area contributed by atoms with Crippen LogP contribution in [0.4, 0.5) is 4.39 Å². The van der Waals surface area contributed by atoms with Crippen LogP contribution in [-0.4, -0.2) is 36.9 Å². The molecule has 1 saturated heterocycles. The summed E-state index contributed by atoms with van der Waals surface area (Å²) >= 11 is 0. The average molecular weight is 429 g/mol. The van der Waals surface area contributed by atoms with Crippen molar-refractivity contribution in [1.29, 1.82) is 0 Å². The lowest BCUT2D eigenvalue weighted by Gasteiger charge is -2.30. The number of aromatic nitrogens is 1. The molecule has 30 heavy (non-hydrogen) atoms. The summed E-state index contributed by atoms with van der Waals surface area (Å²) in [6, 6.07) is 12.7. The van der Waals surface area contributed by atoms with Crippen LogP contribution in [0.2, 0.25) is 0 Å². The van der Waals surface area contributed by atoms with E-state index in [0.29, 0.717) is 22.4 Å². The van der Waals surface area contributed by atoms with Crippen molar-refractivity contribution in [3.8, 4) is 0 Å². The number of likely N-dealkylation sites (tertiary alicyclic amines) is 1. The van der Waals surface area contributed by atoms with E-state index in [1.54, 1.807) is 22.9 Å². The molecule has 1 aliphatic heterocycles. The lowest BCUT2D eigenvalue weighted by Crippen LogP contribution is -2.39. The highest BCUT2D eigenvalue weighted by molar-refractivity contribution is 7.90. The summed E-state index contributed by atoms with van der Waals surface area (Å²) in [5.74, 6) is 0.00682. The molecule has 0 saturated carbocycles. The first-order valence-electron chi connectivity index (χ1n) is 10.2. The zero-order chi connectivity index (χ0) is 21.3. The molecule has 0 spiro atoms. The minimum atomic E-state index is -3.67.